The summed E-state index contributed by atoms with van der Waals surface area (Å²) in [6.45, 7) is 0. The number of benzene rings is 1. The summed E-state index contributed by atoms with van der Waals surface area (Å²) < 4.78 is 0. The van der Waals surface area contributed by atoms with E-state index in [2.05, 4.69) is 0 Å². The third kappa shape index (κ3) is 2.62. The average Bonchev–Trinajstić information content (AvgIpc) is 2.01. The van der Waals surface area contributed by atoms with E-state index in [0.29, 0.717) is 0 Å². The van der Waals surface area contributed by atoms with Crippen LogP contribution in [0.4, 0.5) is 0 Å². The normalized spacial score (nSPS) is 10.3. The van der Waals surface area contributed by atoms with Gasteiger partial charge in [-0.3, -0.25) is 0 Å². The van der Waals surface area contributed by atoms with E-state index >= 15 is 0 Å². The van der Waals surface area contributed by atoms with Crippen LogP contribution in [0.15, 0.2) is 30.3 Å². The molecule has 1 rings (SSSR count). The van der Waals surface area contributed by atoms with E-state index in [4.69, 9.17) is 5.11 Å². The highest BCUT2D eigenvalue weighted by Crippen LogP contribution is 1.98. The molecule has 0 unspecified atom stereocenters. The predicted molar refractivity (Wildman–Crippen MR) is 51.3 cm³/mol. The highest BCUT2D eigenvalue weighted by atomic mass is 16.4. The first kappa shape index (κ1) is 8.59. The summed E-state index contributed by atoms with van der Waals surface area (Å²) in [6, 6.07) is 7.67. The molecule has 0 amide bonds. The molecule has 0 atom stereocenters. The van der Waals surface area contributed by atoms with Crippen LogP contribution < -0.4 is 5.46 Å². The molecule has 1 aromatic carbocycles. The van der Waals surface area contributed by atoms with Crippen LogP contribution in [0.2, 0.25) is 0 Å². The fraction of sp³-hybridized carbons (Fsp3) is 0. The van der Waals surface area contributed by atoms with Gasteiger partial charge in [-0.05, 0) is 11.6 Å². The Balaban J connectivity index is 2.83. The second kappa shape index (κ2) is 3.76. The molecule has 3 heteroatoms. The van der Waals surface area contributed by atoms with Gasteiger partial charge in [0.2, 0.25) is 0 Å². The summed E-state index contributed by atoms with van der Waals surface area (Å²) in [6.07, 6.45) is 2.71. The Kier molecular flexibility index (Phi) is 2.69. The Hall–Kier alpha value is -1.51. The summed E-state index contributed by atoms with van der Waals surface area (Å²) in [7, 11) is 1.97. The molecule has 0 heterocycles. The van der Waals surface area contributed by atoms with Gasteiger partial charge in [0, 0.05) is 6.08 Å². The van der Waals surface area contributed by atoms with Crippen molar-refractivity contribution in [1.82, 2.24) is 0 Å². The maximum absolute atomic E-state index is 10.2. The fourth-order valence-electron chi connectivity index (χ4n) is 0.941. The molecule has 2 nitrogen and oxygen atoms in total. The van der Waals surface area contributed by atoms with E-state index in [9.17, 15) is 4.79 Å². The molecule has 0 bridgehead atoms. The van der Waals surface area contributed by atoms with Gasteiger partial charge in [-0.15, -0.1) is 0 Å². The summed E-state index contributed by atoms with van der Waals surface area (Å²) >= 11 is 0. The number of hydrogen-bond acceptors (Lipinski definition) is 1. The molecule has 0 aliphatic heterocycles. The van der Waals surface area contributed by atoms with Gasteiger partial charge in [-0.2, -0.15) is 0 Å². The number of carbonyl (C=O) groups is 1. The van der Waals surface area contributed by atoms with Crippen molar-refractivity contribution < 1.29 is 9.90 Å². The van der Waals surface area contributed by atoms with Crippen LogP contribution in [0.3, 0.4) is 0 Å². The van der Waals surface area contributed by atoms with Crippen molar-refractivity contribution in [3.8, 4) is 0 Å². The lowest BCUT2D eigenvalue weighted by Gasteiger charge is -1.93. The monoisotopic (exact) mass is 160 g/mol. The van der Waals surface area contributed by atoms with Gasteiger partial charge < -0.3 is 5.11 Å². The molecule has 60 valence electrons. The first-order valence-corrected chi connectivity index (χ1v) is 3.66. The van der Waals surface area contributed by atoms with Crippen LogP contribution in [0.1, 0.15) is 5.56 Å². The molecule has 0 radical (unpaired) electrons. The summed E-state index contributed by atoms with van der Waals surface area (Å²) in [5, 5.41) is 8.36. The minimum Gasteiger partial charge on any atom is -0.478 e. The molecule has 1 aromatic rings. The summed E-state index contributed by atoms with van der Waals surface area (Å²) in [5.41, 5.74) is 2.04. The smallest absolute Gasteiger partial charge is 0.328 e. The first-order valence-electron chi connectivity index (χ1n) is 3.66. The SMILES string of the molecule is Bc1cccc(/C=C/C(=O)O)c1. The third-order valence-corrected chi connectivity index (χ3v) is 1.46. The maximum Gasteiger partial charge on any atom is 0.328 e. The highest BCUT2D eigenvalue weighted by Gasteiger charge is 1.89. The second-order valence-electron chi connectivity index (χ2n) is 2.59. The van der Waals surface area contributed by atoms with E-state index in [1.807, 2.05) is 32.1 Å². The van der Waals surface area contributed by atoms with Crippen LogP contribution in [-0.2, 0) is 4.79 Å². The largest absolute Gasteiger partial charge is 0.478 e. The van der Waals surface area contributed by atoms with Crippen molar-refractivity contribution in [1.29, 1.82) is 0 Å². The zero-order chi connectivity index (χ0) is 8.97. The Morgan fingerprint density at radius 1 is 1.50 bits per heavy atom. The van der Waals surface area contributed by atoms with Gasteiger partial charge in [0.1, 0.15) is 7.85 Å². The summed E-state index contributed by atoms with van der Waals surface area (Å²) in [4.78, 5) is 10.2. The van der Waals surface area contributed by atoms with Gasteiger partial charge in [-0.25, -0.2) is 4.79 Å². The average molecular weight is 160 g/mol. The predicted octanol–water partition coefficient (Wildman–Crippen LogP) is 0.0428. The van der Waals surface area contributed by atoms with Gasteiger partial charge >= 0.3 is 5.97 Å². The Morgan fingerprint density at radius 2 is 2.25 bits per heavy atom. The summed E-state index contributed by atoms with van der Waals surface area (Å²) in [5.74, 6) is -0.920. The molecule has 0 aliphatic carbocycles. The standard InChI is InChI=1S/C9H9BO2/c10-8-3-1-2-7(6-8)4-5-9(11)12/h1-6H,10H2,(H,11,12)/b5-4+. The molecular weight excluding hydrogens is 151 g/mol. The maximum atomic E-state index is 10.2. The number of carboxylic acids is 1. The van der Waals surface area contributed by atoms with Gasteiger partial charge in [-0.1, -0.05) is 29.7 Å². The minimum atomic E-state index is -0.920. The lowest BCUT2D eigenvalue weighted by atomic mass is 9.94. The van der Waals surface area contributed by atoms with Crippen molar-refractivity contribution in [2.24, 2.45) is 0 Å². The third-order valence-electron chi connectivity index (χ3n) is 1.46. The highest BCUT2D eigenvalue weighted by molar-refractivity contribution is 6.32. The van der Waals surface area contributed by atoms with Crippen molar-refractivity contribution >= 4 is 25.4 Å². The van der Waals surface area contributed by atoms with Crippen molar-refractivity contribution in [3.05, 3.63) is 35.9 Å². The Labute approximate surface area is 71.9 Å². The van der Waals surface area contributed by atoms with Crippen LogP contribution in [-0.4, -0.2) is 18.9 Å². The number of carboxylic acid groups (broad SMARTS) is 1. The Morgan fingerprint density at radius 3 is 2.83 bits per heavy atom. The zero-order valence-corrected chi connectivity index (χ0v) is 6.82. The lowest BCUT2D eigenvalue weighted by molar-refractivity contribution is -0.131. The van der Waals surface area contributed by atoms with E-state index < -0.39 is 5.97 Å². The lowest BCUT2D eigenvalue weighted by Crippen LogP contribution is -2.00. The van der Waals surface area contributed by atoms with E-state index in [1.165, 1.54) is 0 Å². The van der Waals surface area contributed by atoms with Crippen LogP contribution in [0, 0.1) is 0 Å². The van der Waals surface area contributed by atoms with Crippen molar-refractivity contribution in [2.45, 2.75) is 0 Å². The quantitative estimate of drug-likeness (QED) is 0.490. The molecule has 0 saturated carbocycles. The zero-order valence-electron chi connectivity index (χ0n) is 6.82. The fourth-order valence-corrected chi connectivity index (χ4v) is 0.941. The molecule has 0 saturated heterocycles. The minimum absolute atomic E-state index is 0.914. The Bertz CT molecular complexity index is 318. The van der Waals surface area contributed by atoms with Crippen LogP contribution in [0.25, 0.3) is 6.08 Å². The number of rotatable bonds is 2. The molecule has 0 aliphatic rings. The van der Waals surface area contributed by atoms with Crippen LogP contribution in [0.5, 0.6) is 0 Å². The van der Waals surface area contributed by atoms with Crippen molar-refractivity contribution in [3.63, 3.8) is 0 Å². The topological polar surface area (TPSA) is 37.3 Å². The molecule has 0 spiro atoms. The molecule has 1 N–H and O–H groups in total. The second-order valence-corrected chi connectivity index (χ2v) is 2.59. The molecular formula is C9H9BO2. The van der Waals surface area contributed by atoms with Gasteiger partial charge in [0.25, 0.3) is 0 Å². The van der Waals surface area contributed by atoms with Crippen molar-refractivity contribution in [2.75, 3.05) is 0 Å². The number of aliphatic carboxylic acids is 1. The molecule has 12 heavy (non-hydrogen) atoms. The van der Waals surface area contributed by atoms with E-state index in [-0.39, 0.29) is 0 Å². The van der Waals surface area contributed by atoms with Gasteiger partial charge in [0.05, 0.1) is 0 Å². The number of hydrogen-bond donors (Lipinski definition) is 1. The van der Waals surface area contributed by atoms with E-state index in [0.717, 1.165) is 17.1 Å². The van der Waals surface area contributed by atoms with Gasteiger partial charge in [0.15, 0.2) is 0 Å². The molecule has 0 fully saturated rings. The van der Waals surface area contributed by atoms with E-state index in [1.54, 1.807) is 6.08 Å². The van der Waals surface area contributed by atoms with Crippen LogP contribution >= 0.6 is 0 Å². The first-order chi connectivity index (χ1) is 5.68. The molecule has 0 aromatic heterocycles.